The maximum atomic E-state index is 12.2. The van der Waals surface area contributed by atoms with Crippen LogP contribution in [0.1, 0.15) is 36.0 Å². The molecule has 4 N–H and O–H groups in total. The highest BCUT2D eigenvalue weighted by atomic mass is 16.3. The Kier molecular flexibility index (Phi) is 6.02. The predicted molar refractivity (Wildman–Crippen MR) is 148 cm³/mol. The number of anilines is 1. The number of nitrogens with zero attached hydrogens (tertiary/aromatic N) is 2. The molecule has 5 aromatic rings. The van der Waals surface area contributed by atoms with Crippen LogP contribution in [0.15, 0.2) is 85.2 Å². The van der Waals surface area contributed by atoms with Gasteiger partial charge < -0.3 is 16.2 Å². The summed E-state index contributed by atoms with van der Waals surface area (Å²) in [6, 6.07) is 24.4. The van der Waals surface area contributed by atoms with Crippen molar-refractivity contribution in [2.45, 2.75) is 37.8 Å². The summed E-state index contributed by atoms with van der Waals surface area (Å²) in [7, 11) is 0. The molecule has 1 fully saturated rings. The Hall–Kier alpha value is -4.29. The van der Waals surface area contributed by atoms with Gasteiger partial charge in [-0.25, -0.2) is 0 Å². The Labute approximate surface area is 215 Å². The molecule has 184 valence electrons. The van der Waals surface area contributed by atoms with Crippen LogP contribution in [0.25, 0.3) is 44.1 Å². The molecule has 6 rings (SSSR count). The molecule has 0 bridgehead atoms. The van der Waals surface area contributed by atoms with Crippen LogP contribution in [0.2, 0.25) is 0 Å². The molecule has 0 atom stereocenters. The molecule has 6 nitrogen and oxygen atoms in total. The van der Waals surface area contributed by atoms with Gasteiger partial charge in [0.25, 0.3) is 5.91 Å². The first-order valence-corrected chi connectivity index (χ1v) is 12.7. The number of hydrogen-bond donors (Lipinski definition) is 3. The Bertz CT molecular complexity index is 1620. The number of amides is 1. The number of benzene rings is 3. The lowest BCUT2D eigenvalue weighted by Crippen LogP contribution is -2.29. The van der Waals surface area contributed by atoms with Crippen molar-refractivity contribution in [2.24, 2.45) is 5.73 Å². The highest BCUT2D eigenvalue weighted by Crippen LogP contribution is 2.36. The molecular weight excluding hydrogens is 460 g/mol. The van der Waals surface area contributed by atoms with E-state index in [0.717, 1.165) is 75.4 Å². The summed E-state index contributed by atoms with van der Waals surface area (Å²) < 4.78 is 0. The van der Waals surface area contributed by atoms with E-state index in [0.29, 0.717) is 5.56 Å². The molecule has 2 aromatic heterocycles. The number of aliphatic hydroxyl groups excluding tert-OH is 1. The minimum Gasteiger partial charge on any atom is -0.393 e. The first kappa shape index (κ1) is 23.1. The van der Waals surface area contributed by atoms with Crippen LogP contribution in [0, 0.1) is 0 Å². The molecule has 0 radical (unpaired) electrons. The minimum atomic E-state index is -0.462. The number of nitrogens with two attached hydrogens (primary N) is 1. The van der Waals surface area contributed by atoms with Crippen LogP contribution in [-0.4, -0.2) is 33.1 Å². The van der Waals surface area contributed by atoms with E-state index < -0.39 is 5.91 Å². The van der Waals surface area contributed by atoms with Gasteiger partial charge in [0.05, 0.1) is 22.7 Å². The monoisotopic (exact) mass is 488 g/mol. The smallest absolute Gasteiger partial charge is 0.250 e. The maximum absolute atomic E-state index is 12.2. The van der Waals surface area contributed by atoms with E-state index in [1.165, 1.54) is 0 Å². The summed E-state index contributed by atoms with van der Waals surface area (Å²) in [6.07, 6.45) is 6.70. The lowest BCUT2D eigenvalue weighted by molar-refractivity contribution is 0.100. The summed E-state index contributed by atoms with van der Waals surface area (Å²) in [5.41, 5.74) is 12.8. The van der Waals surface area contributed by atoms with E-state index in [1.807, 2.05) is 54.9 Å². The summed E-state index contributed by atoms with van der Waals surface area (Å²) in [5.74, 6) is -0.462. The molecule has 0 unspecified atom stereocenters. The first-order chi connectivity index (χ1) is 18.1. The Balaban J connectivity index is 1.43. The van der Waals surface area contributed by atoms with Crippen LogP contribution in [0.3, 0.4) is 0 Å². The lowest BCUT2D eigenvalue weighted by Gasteiger charge is -2.28. The second-order valence-electron chi connectivity index (χ2n) is 9.75. The van der Waals surface area contributed by atoms with Crippen LogP contribution < -0.4 is 11.1 Å². The van der Waals surface area contributed by atoms with Crippen molar-refractivity contribution in [3.63, 3.8) is 0 Å². The van der Waals surface area contributed by atoms with Gasteiger partial charge >= 0.3 is 0 Å². The second kappa shape index (κ2) is 9.64. The quantitative estimate of drug-likeness (QED) is 0.285. The van der Waals surface area contributed by atoms with E-state index in [4.69, 9.17) is 10.7 Å². The third kappa shape index (κ3) is 4.52. The van der Waals surface area contributed by atoms with Gasteiger partial charge in [-0.3, -0.25) is 14.8 Å². The van der Waals surface area contributed by atoms with E-state index >= 15 is 0 Å². The van der Waals surface area contributed by atoms with Crippen LogP contribution in [-0.2, 0) is 0 Å². The molecule has 0 spiro atoms. The molecular formula is C31H28N4O2. The van der Waals surface area contributed by atoms with Crippen molar-refractivity contribution in [3.8, 4) is 22.3 Å². The largest absolute Gasteiger partial charge is 0.393 e. The van der Waals surface area contributed by atoms with E-state index in [1.54, 1.807) is 6.07 Å². The summed E-state index contributed by atoms with van der Waals surface area (Å²) >= 11 is 0. The molecule has 0 saturated heterocycles. The van der Waals surface area contributed by atoms with Crippen molar-refractivity contribution in [3.05, 3.63) is 90.8 Å². The average molecular weight is 489 g/mol. The van der Waals surface area contributed by atoms with Crippen molar-refractivity contribution in [1.82, 2.24) is 9.97 Å². The third-order valence-corrected chi connectivity index (χ3v) is 7.32. The molecule has 2 heterocycles. The number of carbonyl (C=O) groups is 1. The number of hydrogen-bond acceptors (Lipinski definition) is 5. The molecule has 1 amide bonds. The summed E-state index contributed by atoms with van der Waals surface area (Å²) in [5, 5.41) is 15.5. The molecule has 6 heteroatoms. The number of primary amides is 1. The predicted octanol–water partition coefficient (Wildman–Crippen LogP) is 5.93. The molecule has 0 aliphatic heterocycles. The number of fused-ring (bicyclic) bond motifs is 2. The zero-order valence-corrected chi connectivity index (χ0v) is 20.4. The van der Waals surface area contributed by atoms with Crippen molar-refractivity contribution in [1.29, 1.82) is 0 Å². The van der Waals surface area contributed by atoms with Gasteiger partial charge in [0.2, 0.25) is 0 Å². The van der Waals surface area contributed by atoms with Crippen molar-refractivity contribution in [2.75, 3.05) is 5.32 Å². The topological polar surface area (TPSA) is 101 Å². The molecule has 1 aliphatic rings. The molecule has 3 aromatic carbocycles. The SMILES string of the molecule is NC(=O)c1ccc(-c2ccnc3c(-c4cnc5ccccc5c4)cccc23)cc1NC1CCC(O)CC1. The van der Waals surface area contributed by atoms with E-state index in [2.05, 4.69) is 34.6 Å². The lowest BCUT2D eigenvalue weighted by atomic mass is 9.92. The van der Waals surface area contributed by atoms with E-state index in [9.17, 15) is 9.90 Å². The number of pyridine rings is 2. The number of para-hydroxylation sites is 2. The number of nitrogens with one attached hydrogen (secondary N) is 1. The van der Waals surface area contributed by atoms with Gasteiger partial charge in [0.1, 0.15) is 0 Å². The second-order valence-corrected chi connectivity index (χ2v) is 9.75. The summed E-state index contributed by atoms with van der Waals surface area (Å²) in [4.78, 5) is 21.6. The minimum absolute atomic E-state index is 0.193. The van der Waals surface area contributed by atoms with E-state index in [-0.39, 0.29) is 12.1 Å². The Morgan fingerprint density at radius 1 is 0.865 bits per heavy atom. The van der Waals surface area contributed by atoms with Gasteiger partial charge in [-0.1, -0.05) is 42.5 Å². The number of carbonyl (C=O) groups excluding carboxylic acids is 1. The maximum Gasteiger partial charge on any atom is 0.250 e. The third-order valence-electron chi connectivity index (χ3n) is 7.32. The Morgan fingerprint density at radius 3 is 2.54 bits per heavy atom. The zero-order valence-electron chi connectivity index (χ0n) is 20.4. The number of aromatic nitrogens is 2. The van der Waals surface area contributed by atoms with Crippen LogP contribution >= 0.6 is 0 Å². The van der Waals surface area contributed by atoms with Crippen LogP contribution in [0.5, 0.6) is 0 Å². The van der Waals surface area contributed by atoms with Crippen molar-refractivity contribution >= 4 is 33.4 Å². The number of aliphatic hydroxyl groups is 1. The fourth-order valence-electron chi connectivity index (χ4n) is 5.37. The first-order valence-electron chi connectivity index (χ1n) is 12.7. The highest BCUT2D eigenvalue weighted by molar-refractivity contribution is 6.04. The summed E-state index contributed by atoms with van der Waals surface area (Å²) in [6.45, 7) is 0. The van der Waals surface area contributed by atoms with Gasteiger partial charge in [-0.15, -0.1) is 0 Å². The van der Waals surface area contributed by atoms with Gasteiger partial charge in [-0.05, 0) is 67.1 Å². The normalized spacial score (nSPS) is 17.6. The van der Waals surface area contributed by atoms with Gasteiger partial charge in [0, 0.05) is 46.0 Å². The molecule has 1 aliphatic carbocycles. The Morgan fingerprint density at radius 2 is 1.70 bits per heavy atom. The van der Waals surface area contributed by atoms with Crippen LogP contribution in [0.4, 0.5) is 5.69 Å². The number of rotatable bonds is 5. The van der Waals surface area contributed by atoms with Gasteiger partial charge in [-0.2, -0.15) is 0 Å². The standard InChI is InChI=1S/C31H28N4O2/c32-31(37)27-13-8-19(17-29(27)35-22-9-11-23(36)12-10-22)24-14-15-33-30-25(5-3-6-26(24)30)21-16-20-4-1-2-7-28(20)34-18-21/h1-8,13-18,22-23,35-36H,9-12H2,(H2,32,37). The highest BCUT2D eigenvalue weighted by Gasteiger charge is 2.21. The van der Waals surface area contributed by atoms with Gasteiger partial charge in [0.15, 0.2) is 0 Å². The molecule has 37 heavy (non-hydrogen) atoms. The fourth-order valence-corrected chi connectivity index (χ4v) is 5.37. The average Bonchev–Trinajstić information content (AvgIpc) is 2.93. The zero-order chi connectivity index (χ0) is 25.4. The molecule has 1 saturated carbocycles. The van der Waals surface area contributed by atoms with Crippen molar-refractivity contribution < 1.29 is 9.90 Å². The fraction of sp³-hybridized carbons (Fsp3) is 0.194.